The van der Waals surface area contributed by atoms with Crippen LogP contribution in [0.3, 0.4) is 0 Å². The van der Waals surface area contributed by atoms with Crippen LogP contribution in [0.1, 0.15) is 30.9 Å². The Balaban J connectivity index is 1.65. The topological polar surface area (TPSA) is 58.6 Å². The van der Waals surface area contributed by atoms with Crippen molar-refractivity contribution in [2.24, 2.45) is 0 Å². The fourth-order valence-electron chi connectivity index (χ4n) is 3.51. The molecule has 2 aromatic rings. The fourth-order valence-corrected chi connectivity index (χ4v) is 3.51. The summed E-state index contributed by atoms with van der Waals surface area (Å²) in [6, 6.07) is 16.8. The lowest BCUT2D eigenvalue weighted by Gasteiger charge is -2.24. The number of carbonyl (C=O) groups is 2. The number of benzene rings is 2. The van der Waals surface area contributed by atoms with E-state index in [2.05, 4.69) is 5.32 Å². The molecule has 0 spiro atoms. The van der Waals surface area contributed by atoms with E-state index in [4.69, 9.17) is 4.74 Å². The van der Waals surface area contributed by atoms with Gasteiger partial charge in [0.05, 0.1) is 13.0 Å². The van der Waals surface area contributed by atoms with E-state index in [1.165, 1.54) is 0 Å². The Labute approximate surface area is 166 Å². The lowest BCUT2D eigenvalue weighted by atomic mass is 10.0. The third-order valence-corrected chi connectivity index (χ3v) is 4.93. The first-order chi connectivity index (χ1) is 13.7. The molecule has 1 saturated heterocycles. The van der Waals surface area contributed by atoms with Crippen LogP contribution in [0.4, 0.5) is 0 Å². The standard InChI is InChI=1S/C23H28N2O3/c1-2-28-20-12-10-19(11-13-20)17-22(26)24-21(16-18-8-4-3-5-9-18)23(27)25-14-6-7-15-25/h3-5,8-13,21H,2,6-7,14-17H2,1H3,(H,24,26)/t21-/m0/s1. The maximum atomic E-state index is 12.9. The Morgan fingerprint density at radius 1 is 1.00 bits per heavy atom. The van der Waals surface area contributed by atoms with Crippen molar-refractivity contribution in [3.8, 4) is 5.75 Å². The number of hydrogen-bond acceptors (Lipinski definition) is 3. The predicted molar refractivity (Wildman–Crippen MR) is 109 cm³/mol. The quantitative estimate of drug-likeness (QED) is 0.766. The molecular weight excluding hydrogens is 352 g/mol. The molecule has 0 saturated carbocycles. The number of rotatable bonds is 8. The largest absolute Gasteiger partial charge is 0.494 e. The Morgan fingerprint density at radius 2 is 1.68 bits per heavy atom. The van der Waals surface area contributed by atoms with Crippen molar-refractivity contribution in [3.63, 3.8) is 0 Å². The van der Waals surface area contributed by atoms with E-state index in [1.807, 2.05) is 66.4 Å². The highest BCUT2D eigenvalue weighted by Gasteiger charge is 2.28. The summed E-state index contributed by atoms with van der Waals surface area (Å²) in [6.45, 7) is 4.10. The van der Waals surface area contributed by atoms with Crippen LogP contribution >= 0.6 is 0 Å². The fraction of sp³-hybridized carbons (Fsp3) is 0.391. The molecule has 1 N–H and O–H groups in total. The van der Waals surface area contributed by atoms with Crippen LogP contribution in [-0.4, -0.2) is 42.5 Å². The summed E-state index contributed by atoms with van der Waals surface area (Å²) >= 11 is 0. The molecule has 5 nitrogen and oxygen atoms in total. The molecule has 0 radical (unpaired) electrons. The SMILES string of the molecule is CCOc1ccc(CC(=O)N[C@@H](Cc2ccccc2)C(=O)N2CCCC2)cc1. The molecule has 0 unspecified atom stereocenters. The summed E-state index contributed by atoms with van der Waals surface area (Å²) in [5, 5.41) is 2.97. The van der Waals surface area contributed by atoms with Crippen LogP contribution in [0.25, 0.3) is 0 Å². The van der Waals surface area contributed by atoms with E-state index in [9.17, 15) is 9.59 Å². The zero-order valence-electron chi connectivity index (χ0n) is 16.4. The molecule has 1 heterocycles. The van der Waals surface area contributed by atoms with E-state index in [-0.39, 0.29) is 18.2 Å². The number of carbonyl (C=O) groups excluding carboxylic acids is 2. The molecule has 0 aromatic heterocycles. The van der Waals surface area contributed by atoms with Crippen LogP contribution < -0.4 is 10.1 Å². The van der Waals surface area contributed by atoms with Crippen molar-refractivity contribution < 1.29 is 14.3 Å². The molecule has 28 heavy (non-hydrogen) atoms. The minimum atomic E-state index is -0.532. The Kier molecular flexibility index (Phi) is 7.06. The molecule has 0 bridgehead atoms. The van der Waals surface area contributed by atoms with Crippen molar-refractivity contribution in [2.45, 2.75) is 38.6 Å². The molecule has 1 atom stereocenters. The maximum Gasteiger partial charge on any atom is 0.245 e. The normalized spacial score (nSPS) is 14.5. The Hall–Kier alpha value is -2.82. The van der Waals surface area contributed by atoms with Gasteiger partial charge in [-0.15, -0.1) is 0 Å². The predicted octanol–water partition coefficient (Wildman–Crippen LogP) is 2.98. The highest BCUT2D eigenvalue weighted by molar-refractivity contribution is 5.88. The van der Waals surface area contributed by atoms with Crippen LogP contribution in [0.5, 0.6) is 5.75 Å². The van der Waals surface area contributed by atoms with Gasteiger partial charge in [-0.2, -0.15) is 0 Å². The summed E-state index contributed by atoms with van der Waals surface area (Å²) in [5.41, 5.74) is 1.94. The Bertz CT molecular complexity index is 768. The third kappa shape index (κ3) is 5.59. The van der Waals surface area contributed by atoms with E-state index < -0.39 is 6.04 Å². The molecule has 5 heteroatoms. The van der Waals surface area contributed by atoms with Gasteiger partial charge in [0, 0.05) is 19.5 Å². The summed E-state index contributed by atoms with van der Waals surface area (Å²) in [7, 11) is 0. The highest BCUT2D eigenvalue weighted by Crippen LogP contribution is 2.14. The molecular formula is C23H28N2O3. The van der Waals surface area contributed by atoms with Gasteiger partial charge in [0.15, 0.2) is 0 Å². The van der Waals surface area contributed by atoms with E-state index in [0.29, 0.717) is 13.0 Å². The monoisotopic (exact) mass is 380 g/mol. The molecule has 1 fully saturated rings. The first-order valence-corrected chi connectivity index (χ1v) is 9.99. The van der Waals surface area contributed by atoms with Gasteiger partial charge in [0.25, 0.3) is 0 Å². The number of nitrogens with zero attached hydrogens (tertiary/aromatic N) is 1. The van der Waals surface area contributed by atoms with Crippen molar-refractivity contribution in [3.05, 3.63) is 65.7 Å². The van der Waals surface area contributed by atoms with Gasteiger partial charge < -0.3 is 15.0 Å². The van der Waals surface area contributed by atoms with E-state index in [1.54, 1.807) is 0 Å². The zero-order valence-corrected chi connectivity index (χ0v) is 16.4. The molecule has 2 amide bonds. The first kappa shape index (κ1) is 19.9. The van der Waals surface area contributed by atoms with Gasteiger partial charge in [-0.25, -0.2) is 0 Å². The van der Waals surface area contributed by atoms with Crippen LogP contribution in [0, 0.1) is 0 Å². The lowest BCUT2D eigenvalue weighted by Crippen LogP contribution is -2.49. The third-order valence-electron chi connectivity index (χ3n) is 4.93. The van der Waals surface area contributed by atoms with Crippen LogP contribution in [-0.2, 0) is 22.4 Å². The van der Waals surface area contributed by atoms with Crippen LogP contribution in [0.15, 0.2) is 54.6 Å². The molecule has 148 valence electrons. The van der Waals surface area contributed by atoms with E-state index >= 15 is 0 Å². The van der Waals surface area contributed by atoms with Crippen LogP contribution in [0.2, 0.25) is 0 Å². The number of hydrogen-bond donors (Lipinski definition) is 1. The highest BCUT2D eigenvalue weighted by atomic mass is 16.5. The number of nitrogens with one attached hydrogen (secondary N) is 1. The van der Waals surface area contributed by atoms with Gasteiger partial charge in [-0.3, -0.25) is 9.59 Å². The molecule has 1 aliphatic rings. The maximum absolute atomic E-state index is 12.9. The minimum absolute atomic E-state index is 0.0152. The second-order valence-corrected chi connectivity index (χ2v) is 7.10. The number of ether oxygens (including phenoxy) is 1. The van der Waals surface area contributed by atoms with Gasteiger partial charge in [-0.1, -0.05) is 42.5 Å². The summed E-state index contributed by atoms with van der Waals surface area (Å²) < 4.78 is 5.43. The van der Waals surface area contributed by atoms with Gasteiger partial charge in [0.1, 0.15) is 11.8 Å². The molecule has 0 aliphatic carbocycles. The zero-order chi connectivity index (χ0) is 19.8. The smallest absolute Gasteiger partial charge is 0.245 e. The van der Waals surface area contributed by atoms with Crippen molar-refractivity contribution in [1.29, 1.82) is 0 Å². The number of likely N-dealkylation sites (tertiary alicyclic amines) is 1. The minimum Gasteiger partial charge on any atom is -0.494 e. The second-order valence-electron chi connectivity index (χ2n) is 7.10. The Morgan fingerprint density at radius 3 is 2.32 bits per heavy atom. The van der Waals surface area contributed by atoms with Gasteiger partial charge in [-0.05, 0) is 43.0 Å². The van der Waals surface area contributed by atoms with Crippen molar-refractivity contribution in [1.82, 2.24) is 10.2 Å². The molecule has 1 aliphatic heterocycles. The van der Waals surface area contributed by atoms with Gasteiger partial charge in [0.2, 0.25) is 11.8 Å². The van der Waals surface area contributed by atoms with E-state index in [0.717, 1.165) is 42.8 Å². The molecule has 2 aromatic carbocycles. The van der Waals surface area contributed by atoms with Crippen molar-refractivity contribution in [2.75, 3.05) is 19.7 Å². The summed E-state index contributed by atoms with van der Waals surface area (Å²) in [4.78, 5) is 27.4. The molecule has 3 rings (SSSR count). The second kappa shape index (κ2) is 9.93. The number of amides is 2. The van der Waals surface area contributed by atoms with Gasteiger partial charge >= 0.3 is 0 Å². The van der Waals surface area contributed by atoms with Crippen molar-refractivity contribution >= 4 is 11.8 Å². The lowest BCUT2D eigenvalue weighted by molar-refractivity contribution is -0.135. The summed E-state index contributed by atoms with van der Waals surface area (Å²) in [6.07, 6.45) is 2.81. The summed E-state index contributed by atoms with van der Waals surface area (Å²) in [5.74, 6) is 0.664. The average molecular weight is 380 g/mol. The average Bonchev–Trinajstić information content (AvgIpc) is 3.24. The first-order valence-electron chi connectivity index (χ1n) is 9.99.